The molecule has 0 fully saturated rings. The third-order valence-electron chi connectivity index (χ3n) is 13.0. The number of pyridine rings is 1. The van der Waals surface area contributed by atoms with Crippen LogP contribution in [0.5, 0.6) is 11.5 Å². The minimum absolute atomic E-state index is 0.0757. The number of para-hydroxylation sites is 3. The predicted octanol–water partition coefficient (Wildman–Crippen LogP) is 16.0. The maximum absolute atomic E-state index is 15.2. The molecular weight excluding hydrogens is 869 g/mol. The summed E-state index contributed by atoms with van der Waals surface area (Å²) in [5, 5.41) is 2.18. The zero-order valence-corrected chi connectivity index (χ0v) is 40.2. The lowest BCUT2D eigenvalue weighted by molar-refractivity contribution is -0.566. The maximum Gasteiger partial charge on any atom is 0.255 e. The number of halogens is 4. The quantitative estimate of drug-likeness (QED) is 0.118. The van der Waals surface area contributed by atoms with E-state index in [-0.39, 0.29) is 22.0 Å². The third-order valence-corrected chi connectivity index (χ3v) is 13.0. The van der Waals surface area contributed by atoms with Crippen LogP contribution >= 0.6 is 0 Å². The molecule has 7 aromatic carbocycles. The largest absolute Gasteiger partial charge is 0.457 e. The number of hydrogen-bond donors (Lipinski definition) is 0. The van der Waals surface area contributed by atoms with Gasteiger partial charge in [0.2, 0.25) is 0 Å². The first-order chi connectivity index (χ1) is 32.7. The summed E-state index contributed by atoms with van der Waals surface area (Å²) in [5.41, 5.74) is 8.48. The van der Waals surface area contributed by atoms with Crippen LogP contribution in [-0.4, -0.2) is 14.1 Å². The average Bonchev–Trinajstić information content (AvgIpc) is 3.83. The van der Waals surface area contributed by atoms with Crippen molar-refractivity contribution in [2.75, 3.05) is 0 Å². The molecular formula is C60H53F4N4O+. The van der Waals surface area contributed by atoms with E-state index >= 15 is 17.6 Å². The Morgan fingerprint density at radius 1 is 0.478 bits per heavy atom. The number of aromatic nitrogens is 4. The minimum Gasteiger partial charge on any atom is -0.457 e. The molecule has 0 aliphatic rings. The molecule has 0 amide bonds. The zero-order valence-electron chi connectivity index (χ0n) is 40.2. The van der Waals surface area contributed by atoms with Crippen LogP contribution in [0.4, 0.5) is 17.6 Å². The fourth-order valence-electron chi connectivity index (χ4n) is 9.30. The summed E-state index contributed by atoms with van der Waals surface area (Å²) in [5.74, 6) is -0.926. The van der Waals surface area contributed by atoms with Crippen LogP contribution in [-0.2, 0) is 16.2 Å². The van der Waals surface area contributed by atoms with Gasteiger partial charge in [-0.05, 0) is 135 Å². The number of fused-ring (bicyclic) bond motifs is 4. The highest BCUT2D eigenvalue weighted by Gasteiger charge is 2.30. The normalized spacial score (nSPS) is 12.4. The highest BCUT2D eigenvalue weighted by molar-refractivity contribution is 6.09. The van der Waals surface area contributed by atoms with Crippen molar-refractivity contribution >= 4 is 32.8 Å². The molecule has 0 bridgehead atoms. The van der Waals surface area contributed by atoms with Crippen LogP contribution in [0.2, 0.25) is 0 Å². The molecule has 0 saturated heterocycles. The Bertz CT molecular complexity index is 3540. The molecule has 0 saturated carbocycles. The molecule has 0 spiro atoms. The molecule has 9 heteroatoms. The van der Waals surface area contributed by atoms with Crippen LogP contribution in [0.1, 0.15) is 79.0 Å². The number of ether oxygens (including phenoxy) is 1. The Morgan fingerprint density at radius 3 is 1.64 bits per heavy atom. The van der Waals surface area contributed by atoms with Crippen LogP contribution in [0.3, 0.4) is 0 Å². The Labute approximate surface area is 399 Å². The number of imidazole rings is 1. The summed E-state index contributed by atoms with van der Waals surface area (Å²) in [4.78, 5) is 4.87. The topological polar surface area (TPSA) is 35.9 Å². The Morgan fingerprint density at radius 2 is 1.03 bits per heavy atom. The number of nitrogens with zero attached hydrogens (tertiary/aromatic N) is 4. The third kappa shape index (κ3) is 8.56. The van der Waals surface area contributed by atoms with Crippen LogP contribution in [0.15, 0.2) is 158 Å². The van der Waals surface area contributed by atoms with Gasteiger partial charge in [-0.25, -0.2) is 22.5 Å². The summed E-state index contributed by atoms with van der Waals surface area (Å²) >= 11 is 0. The van der Waals surface area contributed by atoms with Gasteiger partial charge in [0.1, 0.15) is 52.0 Å². The molecule has 10 rings (SSSR count). The summed E-state index contributed by atoms with van der Waals surface area (Å²) in [7, 11) is 0. The van der Waals surface area contributed by atoms with Gasteiger partial charge in [0.25, 0.3) is 6.33 Å². The van der Waals surface area contributed by atoms with E-state index in [1.165, 1.54) is 29.8 Å². The van der Waals surface area contributed by atoms with E-state index < -0.39 is 28.7 Å². The van der Waals surface area contributed by atoms with Crippen molar-refractivity contribution in [2.24, 2.45) is 0 Å². The fourth-order valence-corrected chi connectivity index (χ4v) is 9.30. The van der Waals surface area contributed by atoms with Crippen molar-refractivity contribution < 1.29 is 26.9 Å². The number of rotatable bonds is 7. The van der Waals surface area contributed by atoms with Crippen molar-refractivity contribution in [1.29, 1.82) is 0 Å². The molecule has 0 radical (unpaired) electrons. The van der Waals surface area contributed by atoms with Gasteiger partial charge in [-0.2, -0.15) is 9.13 Å². The smallest absolute Gasteiger partial charge is 0.255 e. The van der Waals surface area contributed by atoms with E-state index in [1.54, 1.807) is 0 Å². The molecule has 3 heterocycles. The van der Waals surface area contributed by atoms with Crippen molar-refractivity contribution in [3.63, 3.8) is 0 Å². The SMILES string of the molecule is CC(C)(C)c1cc(Oc2ccc3c4ccccc4n(-c4cc(C(C)(C)C)ccn4)c3c2)cc(-n2c[n+](-c3c(-c4cc(F)cc(F)c4)cc(C(C)(C)C)cc3-c3cc(F)cc(F)c3)c3ccccc32)c1. The standard InChI is InChI=1S/C60H53F4N4O/c1-58(2,3)38-20-21-65-56(30-38)68-52-15-11-10-14-48(52)49-19-18-46(34-55(49)68)69-47-27-39(59(4,5)6)26-45(33-47)66-35-67(54-17-13-12-16-53(54)66)57-50(36-22-41(61)31-42(62)23-36)28-40(60(7,8)9)29-51(57)37-24-43(63)32-44(64)25-37/h10-35H,1-9H3/q+1. The first kappa shape index (κ1) is 45.3. The maximum atomic E-state index is 15.2. The van der Waals surface area contributed by atoms with Crippen molar-refractivity contribution in [2.45, 2.75) is 78.6 Å². The fraction of sp³-hybridized carbons (Fsp3) is 0.200. The minimum atomic E-state index is -0.749. The Hall–Kier alpha value is -7.52. The predicted molar refractivity (Wildman–Crippen MR) is 270 cm³/mol. The van der Waals surface area contributed by atoms with E-state index in [9.17, 15) is 0 Å². The first-order valence-corrected chi connectivity index (χ1v) is 23.2. The van der Waals surface area contributed by atoms with Gasteiger partial charge in [-0.1, -0.05) is 92.6 Å². The second kappa shape index (κ2) is 16.6. The summed E-state index contributed by atoms with van der Waals surface area (Å²) in [6.45, 7) is 19.1. The van der Waals surface area contributed by atoms with Gasteiger partial charge in [-0.15, -0.1) is 0 Å². The first-order valence-electron chi connectivity index (χ1n) is 23.2. The lowest BCUT2D eigenvalue weighted by Crippen LogP contribution is -2.31. The zero-order chi connectivity index (χ0) is 48.7. The van der Waals surface area contributed by atoms with Crippen LogP contribution in [0, 0.1) is 23.3 Å². The van der Waals surface area contributed by atoms with E-state index in [2.05, 4.69) is 105 Å². The second-order valence-electron chi connectivity index (χ2n) is 21.1. The molecule has 0 aliphatic carbocycles. The van der Waals surface area contributed by atoms with Gasteiger partial charge < -0.3 is 4.74 Å². The van der Waals surface area contributed by atoms with E-state index in [4.69, 9.17) is 9.72 Å². The summed E-state index contributed by atoms with van der Waals surface area (Å²) in [6.07, 6.45) is 3.79. The van der Waals surface area contributed by atoms with E-state index in [1.807, 2.05) is 92.5 Å². The lowest BCUT2D eigenvalue weighted by Gasteiger charge is -2.23. The molecule has 0 atom stereocenters. The van der Waals surface area contributed by atoms with Crippen LogP contribution < -0.4 is 9.30 Å². The van der Waals surface area contributed by atoms with Gasteiger partial charge in [0.05, 0.1) is 11.0 Å². The molecule has 0 aliphatic heterocycles. The molecule has 0 unspecified atom stereocenters. The van der Waals surface area contributed by atoms with Crippen LogP contribution in [0.25, 0.3) is 72.3 Å². The van der Waals surface area contributed by atoms with E-state index in [0.29, 0.717) is 28.3 Å². The van der Waals surface area contributed by atoms with Gasteiger partial charge in [0.15, 0.2) is 11.0 Å². The summed E-state index contributed by atoms with van der Waals surface area (Å²) in [6, 6.07) is 43.4. The summed E-state index contributed by atoms with van der Waals surface area (Å²) < 4.78 is 74.0. The highest BCUT2D eigenvalue weighted by Crippen LogP contribution is 2.42. The van der Waals surface area contributed by atoms with Crippen molar-refractivity contribution in [3.8, 4) is 50.9 Å². The van der Waals surface area contributed by atoms with Gasteiger partial charge in [0, 0.05) is 52.4 Å². The molecule has 0 N–H and O–H groups in total. The molecule has 346 valence electrons. The lowest BCUT2D eigenvalue weighted by atomic mass is 9.82. The monoisotopic (exact) mass is 921 g/mol. The number of benzene rings is 7. The molecule has 69 heavy (non-hydrogen) atoms. The highest BCUT2D eigenvalue weighted by atomic mass is 19.1. The molecule has 5 nitrogen and oxygen atoms in total. The Kier molecular flexibility index (Phi) is 10.9. The Balaban J connectivity index is 1.18. The van der Waals surface area contributed by atoms with E-state index in [0.717, 1.165) is 67.6 Å². The molecule has 10 aromatic rings. The van der Waals surface area contributed by atoms with Crippen molar-refractivity contribution in [1.82, 2.24) is 14.1 Å². The molecule has 3 aromatic heterocycles. The van der Waals surface area contributed by atoms with Crippen molar-refractivity contribution in [3.05, 3.63) is 198 Å². The number of hydrogen-bond acceptors (Lipinski definition) is 2. The average molecular weight is 922 g/mol. The van der Waals surface area contributed by atoms with Gasteiger partial charge >= 0.3 is 0 Å². The second-order valence-corrected chi connectivity index (χ2v) is 21.1. The van der Waals surface area contributed by atoms with Gasteiger partial charge in [-0.3, -0.25) is 4.57 Å².